The number of nitrogens with zero attached hydrogens (tertiary/aromatic N) is 2. The molecule has 0 saturated heterocycles. The number of alkyl carbamates (subject to hydrolysis) is 1. The Kier molecular flexibility index (Phi) is 6.23. The summed E-state index contributed by atoms with van der Waals surface area (Å²) in [6.07, 6.45) is 0.490. The molecule has 7 heteroatoms. The van der Waals surface area contributed by atoms with Crippen LogP contribution >= 0.6 is 0 Å². The molecule has 0 spiro atoms. The number of carbonyl (C=O) groups is 2. The third-order valence-electron chi connectivity index (χ3n) is 3.84. The van der Waals surface area contributed by atoms with Gasteiger partial charge in [0.05, 0.1) is 24.7 Å². The first-order valence-corrected chi connectivity index (χ1v) is 8.75. The van der Waals surface area contributed by atoms with Gasteiger partial charge in [0.1, 0.15) is 11.4 Å². The molecule has 1 aromatic carbocycles. The highest BCUT2D eigenvalue weighted by atomic mass is 16.6. The molecule has 7 nitrogen and oxygen atoms in total. The van der Waals surface area contributed by atoms with E-state index in [1.54, 1.807) is 0 Å². The van der Waals surface area contributed by atoms with Gasteiger partial charge >= 0.3 is 12.1 Å². The van der Waals surface area contributed by atoms with Crippen LogP contribution in [0.2, 0.25) is 0 Å². The number of hydrogen-bond acceptors (Lipinski definition) is 5. The molecule has 2 aromatic rings. The molecule has 0 atom stereocenters. The van der Waals surface area contributed by atoms with Crippen LogP contribution in [0.3, 0.4) is 0 Å². The Bertz CT molecular complexity index is 790. The average Bonchev–Trinajstić information content (AvgIpc) is 2.93. The van der Waals surface area contributed by atoms with Crippen LogP contribution in [0.25, 0.3) is 11.0 Å². The van der Waals surface area contributed by atoms with E-state index < -0.39 is 11.7 Å². The Morgan fingerprint density at radius 3 is 2.62 bits per heavy atom. The molecule has 0 unspecified atom stereocenters. The third kappa shape index (κ3) is 5.21. The zero-order chi connectivity index (χ0) is 19.3. The molecule has 142 valence electrons. The van der Waals surface area contributed by atoms with Gasteiger partial charge in [-0.1, -0.05) is 6.07 Å². The first-order valence-electron chi connectivity index (χ1n) is 8.75. The minimum absolute atomic E-state index is 0.226. The second-order valence-corrected chi connectivity index (χ2v) is 7.03. The fourth-order valence-corrected chi connectivity index (χ4v) is 2.68. The lowest BCUT2D eigenvalue weighted by Gasteiger charge is -2.19. The van der Waals surface area contributed by atoms with E-state index >= 15 is 0 Å². The van der Waals surface area contributed by atoms with Crippen LogP contribution in [0, 0.1) is 0 Å². The number of methoxy groups -OCH3 is 1. The quantitative estimate of drug-likeness (QED) is 0.799. The van der Waals surface area contributed by atoms with Gasteiger partial charge in [-0.05, 0) is 51.8 Å². The standard InChI is InChI=1S/C19H27N3O4/c1-6-22-15-11-13(8-10-17(23)25-5)7-9-14(15)21-16(22)12-20-18(24)26-19(2,3)4/h7,9,11H,6,8,10,12H2,1-5H3,(H,20,24). The van der Waals surface area contributed by atoms with Crippen LogP contribution in [-0.2, 0) is 33.8 Å². The average molecular weight is 361 g/mol. The number of amides is 1. The van der Waals surface area contributed by atoms with E-state index in [1.165, 1.54) is 7.11 Å². The largest absolute Gasteiger partial charge is 0.469 e. The Hall–Kier alpha value is -2.57. The molecule has 0 fully saturated rings. The van der Waals surface area contributed by atoms with Gasteiger partial charge in [-0.2, -0.15) is 0 Å². The van der Waals surface area contributed by atoms with Crippen LogP contribution in [0.5, 0.6) is 0 Å². The maximum Gasteiger partial charge on any atom is 0.408 e. The molecular formula is C19H27N3O4. The lowest BCUT2D eigenvalue weighted by molar-refractivity contribution is -0.140. The van der Waals surface area contributed by atoms with Gasteiger partial charge in [0.2, 0.25) is 0 Å². The maximum absolute atomic E-state index is 11.9. The van der Waals surface area contributed by atoms with Crippen LogP contribution in [0.15, 0.2) is 18.2 Å². The number of imidazole rings is 1. The van der Waals surface area contributed by atoms with Gasteiger partial charge in [-0.25, -0.2) is 9.78 Å². The van der Waals surface area contributed by atoms with E-state index in [1.807, 2.05) is 50.5 Å². The lowest BCUT2D eigenvalue weighted by Crippen LogP contribution is -2.32. The number of esters is 1. The van der Waals surface area contributed by atoms with Crippen molar-refractivity contribution in [3.8, 4) is 0 Å². The Labute approximate surface area is 153 Å². The molecule has 26 heavy (non-hydrogen) atoms. The van der Waals surface area contributed by atoms with Crippen molar-refractivity contribution in [3.63, 3.8) is 0 Å². The Morgan fingerprint density at radius 1 is 1.27 bits per heavy atom. The zero-order valence-electron chi connectivity index (χ0n) is 16.1. The Balaban J connectivity index is 2.15. The van der Waals surface area contributed by atoms with Gasteiger partial charge in [0.15, 0.2) is 0 Å². The highest BCUT2D eigenvalue weighted by Gasteiger charge is 2.17. The normalized spacial score (nSPS) is 11.4. The second-order valence-electron chi connectivity index (χ2n) is 7.03. The predicted octanol–water partition coefficient (Wildman–Crippen LogP) is 3.19. The van der Waals surface area contributed by atoms with Crippen molar-refractivity contribution in [1.82, 2.24) is 14.9 Å². The highest BCUT2D eigenvalue weighted by molar-refractivity contribution is 5.77. The summed E-state index contributed by atoms with van der Waals surface area (Å²) in [6.45, 7) is 8.51. The molecule has 0 radical (unpaired) electrons. The zero-order valence-corrected chi connectivity index (χ0v) is 16.1. The summed E-state index contributed by atoms with van der Waals surface area (Å²) in [7, 11) is 1.39. The van der Waals surface area contributed by atoms with Crippen molar-refractivity contribution in [2.75, 3.05) is 7.11 Å². The van der Waals surface area contributed by atoms with Gasteiger partial charge in [-0.15, -0.1) is 0 Å². The summed E-state index contributed by atoms with van der Waals surface area (Å²) >= 11 is 0. The molecule has 0 aliphatic rings. The fraction of sp³-hybridized carbons (Fsp3) is 0.526. The first-order chi connectivity index (χ1) is 12.2. The minimum Gasteiger partial charge on any atom is -0.469 e. The maximum atomic E-state index is 11.9. The van der Waals surface area contributed by atoms with Crippen LogP contribution in [-0.4, -0.2) is 34.3 Å². The summed E-state index contributed by atoms with van der Waals surface area (Å²) in [6, 6.07) is 5.93. The molecule has 1 heterocycles. The summed E-state index contributed by atoms with van der Waals surface area (Å²) in [5.74, 6) is 0.537. The monoisotopic (exact) mass is 361 g/mol. The smallest absolute Gasteiger partial charge is 0.408 e. The number of ether oxygens (including phenoxy) is 2. The molecule has 1 N–H and O–H groups in total. The van der Waals surface area contributed by atoms with Crippen LogP contribution in [0.1, 0.15) is 45.5 Å². The SMILES string of the molecule is CCn1c(CNC(=O)OC(C)(C)C)nc2ccc(CCC(=O)OC)cc21. The van der Waals surface area contributed by atoms with E-state index in [0.717, 1.165) is 29.0 Å². The number of carbonyl (C=O) groups excluding carboxylic acids is 2. The topological polar surface area (TPSA) is 82.5 Å². The van der Waals surface area contributed by atoms with E-state index in [9.17, 15) is 9.59 Å². The number of benzene rings is 1. The Morgan fingerprint density at radius 2 is 2.00 bits per heavy atom. The third-order valence-corrected chi connectivity index (χ3v) is 3.84. The molecule has 1 amide bonds. The number of rotatable bonds is 6. The summed E-state index contributed by atoms with van der Waals surface area (Å²) in [5.41, 5.74) is 2.35. The summed E-state index contributed by atoms with van der Waals surface area (Å²) < 4.78 is 12.0. The molecule has 0 saturated carbocycles. The number of hydrogen-bond donors (Lipinski definition) is 1. The number of aryl methyl sites for hydroxylation is 2. The highest BCUT2D eigenvalue weighted by Crippen LogP contribution is 2.19. The van der Waals surface area contributed by atoms with E-state index in [4.69, 9.17) is 4.74 Å². The van der Waals surface area contributed by atoms with Crippen molar-refractivity contribution in [2.45, 2.75) is 59.2 Å². The van der Waals surface area contributed by atoms with Gasteiger partial charge in [-0.3, -0.25) is 4.79 Å². The number of fused-ring (bicyclic) bond motifs is 1. The van der Waals surface area contributed by atoms with Crippen LogP contribution < -0.4 is 5.32 Å². The van der Waals surface area contributed by atoms with Crippen molar-refractivity contribution in [3.05, 3.63) is 29.6 Å². The van der Waals surface area contributed by atoms with Crippen molar-refractivity contribution in [2.24, 2.45) is 0 Å². The van der Waals surface area contributed by atoms with E-state index in [0.29, 0.717) is 12.8 Å². The molecule has 0 aliphatic heterocycles. The summed E-state index contributed by atoms with van der Waals surface area (Å²) in [4.78, 5) is 27.8. The minimum atomic E-state index is -0.538. The van der Waals surface area contributed by atoms with Crippen molar-refractivity contribution >= 4 is 23.1 Å². The van der Waals surface area contributed by atoms with Crippen molar-refractivity contribution in [1.29, 1.82) is 0 Å². The number of nitrogens with one attached hydrogen (secondary N) is 1. The lowest BCUT2D eigenvalue weighted by atomic mass is 10.1. The molecule has 0 aliphatic carbocycles. The van der Waals surface area contributed by atoms with Crippen LogP contribution in [0.4, 0.5) is 4.79 Å². The second kappa shape index (κ2) is 8.21. The number of aromatic nitrogens is 2. The molecule has 2 rings (SSSR count). The van der Waals surface area contributed by atoms with E-state index in [-0.39, 0.29) is 12.5 Å². The van der Waals surface area contributed by atoms with Crippen molar-refractivity contribution < 1.29 is 19.1 Å². The molecule has 1 aromatic heterocycles. The molecule has 0 bridgehead atoms. The fourth-order valence-electron chi connectivity index (χ4n) is 2.68. The van der Waals surface area contributed by atoms with Gasteiger partial charge < -0.3 is 19.4 Å². The van der Waals surface area contributed by atoms with Gasteiger partial charge in [0.25, 0.3) is 0 Å². The first kappa shape index (κ1) is 19.8. The van der Waals surface area contributed by atoms with Gasteiger partial charge in [0, 0.05) is 13.0 Å². The predicted molar refractivity (Wildman–Crippen MR) is 98.8 cm³/mol. The van der Waals surface area contributed by atoms with E-state index in [2.05, 4.69) is 15.0 Å². The summed E-state index contributed by atoms with van der Waals surface area (Å²) in [5, 5.41) is 2.75. The molecular weight excluding hydrogens is 334 g/mol.